The molecular formula is C68H132O17P2. The molecule has 0 aromatic rings. The van der Waals surface area contributed by atoms with Crippen molar-refractivity contribution in [1.29, 1.82) is 0 Å². The van der Waals surface area contributed by atoms with E-state index in [4.69, 9.17) is 37.0 Å². The summed E-state index contributed by atoms with van der Waals surface area (Å²) in [6.45, 7) is 7.11. The van der Waals surface area contributed by atoms with Crippen LogP contribution in [0.15, 0.2) is 0 Å². The van der Waals surface area contributed by atoms with Crippen LogP contribution in [0, 0.1) is 5.92 Å². The second-order valence-corrected chi connectivity index (χ2v) is 27.7. The molecule has 0 aromatic carbocycles. The second kappa shape index (κ2) is 61.6. The molecule has 19 heteroatoms. The molecule has 0 aliphatic rings. The largest absolute Gasteiger partial charge is 0.472 e. The van der Waals surface area contributed by atoms with Crippen LogP contribution in [0.2, 0.25) is 0 Å². The number of carbonyl (C=O) groups excluding carboxylic acids is 4. The number of esters is 4. The van der Waals surface area contributed by atoms with Gasteiger partial charge in [-0.1, -0.05) is 298 Å². The minimum Gasteiger partial charge on any atom is -0.462 e. The number of rotatable bonds is 68. The molecule has 17 nitrogen and oxygen atoms in total. The molecule has 0 bridgehead atoms. The summed E-state index contributed by atoms with van der Waals surface area (Å²) in [6.07, 6.45) is 48.1. The van der Waals surface area contributed by atoms with Crippen LogP contribution in [0.25, 0.3) is 0 Å². The minimum absolute atomic E-state index is 0.0991. The van der Waals surface area contributed by atoms with Crippen LogP contribution >= 0.6 is 15.6 Å². The number of ether oxygens (including phenoxy) is 4. The second-order valence-electron chi connectivity index (χ2n) is 24.8. The number of hydrogen-bond donors (Lipinski definition) is 3. The van der Waals surface area contributed by atoms with E-state index in [0.29, 0.717) is 25.7 Å². The van der Waals surface area contributed by atoms with Crippen LogP contribution in [-0.4, -0.2) is 96.7 Å². The molecule has 3 unspecified atom stereocenters. The Morgan fingerprint density at radius 3 is 0.816 bits per heavy atom. The number of aliphatic hydroxyl groups excluding tert-OH is 1. The first-order valence-corrected chi connectivity index (χ1v) is 38.7. The van der Waals surface area contributed by atoms with E-state index in [-0.39, 0.29) is 25.7 Å². The first-order valence-electron chi connectivity index (χ1n) is 35.7. The highest BCUT2D eigenvalue weighted by Gasteiger charge is 2.30. The molecule has 0 saturated carbocycles. The van der Waals surface area contributed by atoms with Gasteiger partial charge in [0.05, 0.1) is 26.4 Å². The van der Waals surface area contributed by atoms with Crippen molar-refractivity contribution in [2.75, 3.05) is 39.6 Å². The van der Waals surface area contributed by atoms with E-state index in [1.807, 2.05) is 0 Å². The van der Waals surface area contributed by atoms with Crippen molar-refractivity contribution in [3.8, 4) is 0 Å². The van der Waals surface area contributed by atoms with E-state index in [0.717, 1.165) is 102 Å². The molecular weight excluding hydrogens is 1150 g/mol. The Labute approximate surface area is 530 Å². The lowest BCUT2D eigenvalue weighted by Crippen LogP contribution is -2.30. The molecule has 0 saturated heterocycles. The van der Waals surface area contributed by atoms with Gasteiger partial charge in [-0.2, -0.15) is 0 Å². The van der Waals surface area contributed by atoms with Crippen LogP contribution in [0.5, 0.6) is 0 Å². The van der Waals surface area contributed by atoms with Gasteiger partial charge in [0.2, 0.25) is 0 Å². The van der Waals surface area contributed by atoms with E-state index in [1.165, 1.54) is 167 Å². The fraction of sp³-hybridized carbons (Fsp3) is 0.941. The summed E-state index contributed by atoms with van der Waals surface area (Å²) in [5, 5.41) is 10.5. The van der Waals surface area contributed by atoms with Crippen molar-refractivity contribution >= 4 is 39.5 Å². The molecule has 6 atom stereocenters. The molecule has 0 fully saturated rings. The van der Waals surface area contributed by atoms with Crippen molar-refractivity contribution in [1.82, 2.24) is 0 Å². The van der Waals surface area contributed by atoms with Gasteiger partial charge in [-0.05, 0) is 31.6 Å². The Morgan fingerprint density at radius 1 is 0.322 bits per heavy atom. The molecule has 0 aliphatic carbocycles. The fourth-order valence-corrected chi connectivity index (χ4v) is 11.8. The van der Waals surface area contributed by atoms with E-state index in [9.17, 15) is 43.2 Å². The molecule has 87 heavy (non-hydrogen) atoms. The van der Waals surface area contributed by atoms with E-state index >= 15 is 0 Å². The van der Waals surface area contributed by atoms with Gasteiger partial charge >= 0.3 is 39.5 Å². The highest BCUT2D eigenvalue weighted by molar-refractivity contribution is 7.47. The lowest BCUT2D eigenvalue weighted by molar-refractivity contribution is -0.161. The van der Waals surface area contributed by atoms with Crippen molar-refractivity contribution < 1.29 is 80.2 Å². The highest BCUT2D eigenvalue weighted by atomic mass is 31.2. The summed E-state index contributed by atoms with van der Waals surface area (Å²) in [5.74, 6) is -1.28. The Kier molecular flexibility index (Phi) is 60.2. The zero-order valence-electron chi connectivity index (χ0n) is 56.2. The third-order valence-corrected chi connectivity index (χ3v) is 18.0. The number of hydrogen-bond acceptors (Lipinski definition) is 15. The standard InChI is InChI=1S/C68H132O17P2/c1-6-10-13-16-17-18-19-20-25-29-32-35-38-43-47-52-66(71)79-58-64(85-68(73)54-49-44-39-36-33-30-27-24-22-21-23-26-28-31-34-37-42-45-50-61(5)9-4)60-83-87(76,77)81-56-62(69)55-80-86(74,75)82-59-63(84-67(72)53-48-41-15-12-8-3)57-78-65(70)51-46-40-14-11-7-2/h61-64,69H,6-60H2,1-5H3,(H,74,75)(H,76,77)/t61?,62-,63+,64+/m0/s1. The number of phosphoric ester groups is 2. The van der Waals surface area contributed by atoms with Gasteiger partial charge in [-0.15, -0.1) is 0 Å². The quantitative estimate of drug-likeness (QED) is 0.0222. The molecule has 3 N–H and O–H groups in total. The lowest BCUT2D eigenvalue weighted by atomic mass is 9.99. The van der Waals surface area contributed by atoms with Crippen molar-refractivity contribution in [3.63, 3.8) is 0 Å². The predicted molar refractivity (Wildman–Crippen MR) is 349 cm³/mol. The van der Waals surface area contributed by atoms with E-state index in [1.54, 1.807) is 0 Å². The predicted octanol–water partition coefficient (Wildman–Crippen LogP) is 19.4. The number of aliphatic hydroxyl groups is 1. The van der Waals surface area contributed by atoms with Crippen molar-refractivity contribution in [3.05, 3.63) is 0 Å². The average molecular weight is 1280 g/mol. The highest BCUT2D eigenvalue weighted by Crippen LogP contribution is 2.45. The van der Waals surface area contributed by atoms with Crippen LogP contribution in [0.3, 0.4) is 0 Å². The van der Waals surface area contributed by atoms with Crippen LogP contribution in [0.1, 0.15) is 349 Å². The fourth-order valence-electron chi connectivity index (χ4n) is 10.3. The van der Waals surface area contributed by atoms with Gasteiger partial charge < -0.3 is 33.8 Å². The molecule has 0 spiro atoms. The van der Waals surface area contributed by atoms with Crippen LogP contribution in [-0.2, 0) is 65.4 Å². The van der Waals surface area contributed by atoms with Crippen molar-refractivity contribution in [2.45, 2.75) is 368 Å². The molecule has 0 heterocycles. The van der Waals surface area contributed by atoms with Gasteiger partial charge in [0.1, 0.15) is 19.3 Å². The lowest BCUT2D eigenvalue weighted by Gasteiger charge is -2.21. The summed E-state index contributed by atoms with van der Waals surface area (Å²) in [6, 6.07) is 0. The molecule has 0 radical (unpaired) electrons. The van der Waals surface area contributed by atoms with Crippen molar-refractivity contribution in [2.24, 2.45) is 5.92 Å². The van der Waals surface area contributed by atoms with Crippen LogP contribution < -0.4 is 0 Å². The summed E-state index contributed by atoms with van der Waals surface area (Å²) in [4.78, 5) is 71.8. The Balaban J connectivity index is 5.03. The Bertz CT molecular complexity index is 1690. The molecule has 0 aliphatic heterocycles. The maximum absolute atomic E-state index is 13.0. The minimum atomic E-state index is -4.94. The third kappa shape index (κ3) is 61.3. The first-order chi connectivity index (χ1) is 42.1. The summed E-state index contributed by atoms with van der Waals surface area (Å²) in [5.41, 5.74) is 0. The monoisotopic (exact) mass is 1280 g/mol. The number of carbonyl (C=O) groups is 4. The molecule has 516 valence electrons. The van der Waals surface area contributed by atoms with E-state index < -0.39 is 97.5 Å². The number of phosphoric acid groups is 2. The van der Waals surface area contributed by atoms with Gasteiger partial charge in [0, 0.05) is 25.7 Å². The van der Waals surface area contributed by atoms with Crippen LogP contribution in [0.4, 0.5) is 0 Å². The maximum Gasteiger partial charge on any atom is 0.472 e. The summed E-state index contributed by atoms with van der Waals surface area (Å²) < 4.78 is 67.7. The zero-order chi connectivity index (χ0) is 64.2. The molecule has 0 amide bonds. The normalized spacial score (nSPS) is 14.4. The number of unbranched alkanes of at least 4 members (excludes halogenated alkanes) is 39. The SMILES string of the molecule is CCCCCCCCCCCCCCCCCC(=O)OC[C@H](COP(=O)(O)OC[C@@H](O)COP(=O)(O)OC[C@@H](COC(=O)CCCCCCC)OC(=O)CCCCCCC)OC(=O)CCCCCCCCCCCCCCCCCCCCC(C)CC. The first kappa shape index (κ1) is 85.1. The zero-order valence-corrected chi connectivity index (χ0v) is 57.9. The maximum atomic E-state index is 13.0. The van der Waals surface area contributed by atoms with Gasteiger partial charge in [-0.25, -0.2) is 9.13 Å². The Hall–Kier alpha value is -1.94. The molecule has 0 aromatic heterocycles. The Morgan fingerprint density at radius 2 is 0.552 bits per heavy atom. The van der Waals surface area contributed by atoms with E-state index in [2.05, 4.69) is 34.6 Å². The summed E-state index contributed by atoms with van der Waals surface area (Å²) >= 11 is 0. The topological polar surface area (TPSA) is 237 Å². The smallest absolute Gasteiger partial charge is 0.462 e. The summed E-state index contributed by atoms with van der Waals surface area (Å²) in [7, 11) is -9.87. The third-order valence-electron chi connectivity index (χ3n) is 16.1. The van der Waals surface area contributed by atoms with Gasteiger partial charge in [-0.3, -0.25) is 37.3 Å². The molecule has 0 rings (SSSR count). The van der Waals surface area contributed by atoms with Gasteiger partial charge in [0.15, 0.2) is 12.2 Å². The average Bonchev–Trinajstić information content (AvgIpc) is 3.54. The van der Waals surface area contributed by atoms with Gasteiger partial charge in [0.25, 0.3) is 0 Å².